The van der Waals surface area contributed by atoms with E-state index in [0.29, 0.717) is 10.7 Å². The number of nitriles is 1. The lowest BCUT2D eigenvalue weighted by Crippen LogP contribution is -2.13. The van der Waals surface area contributed by atoms with Crippen molar-refractivity contribution >= 4 is 40.6 Å². The summed E-state index contributed by atoms with van der Waals surface area (Å²) in [5, 5.41) is 15.5. The molecule has 0 spiro atoms. The number of thiazole rings is 1. The summed E-state index contributed by atoms with van der Waals surface area (Å²) >= 11 is 7.37. The Morgan fingerprint density at radius 2 is 2.08 bits per heavy atom. The van der Waals surface area contributed by atoms with Crippen molar-refractivity contribution in [2.75, 3.05) is 5.32 Å². The molecule has 1 aromatic carbocycles. The van der Waals surface area contributed by atoms with Crippen molar-refractivity contribution in [2.45, 2.75) is 13.8 Å². The van der Waals surface area contributed by atoms with Gasteiger partial charge in [0.05, 0.1) is 0 Å². The molecule has 0 unspecified atom stereocenters. The number of aryl methyl sites for hydroxylation is 1. The van der Waals surface area contributed by atoms with Crippen LogP contribution in [0.1, 0.15) is 17.0 Å². The maximum absolute atomic E-state index is 12.4. The molecule has 0 saturated heterocycles. The van der Waals surface area contributed by atoms with Crippen molar-refractivity contribution in [3.8, 4) is 11.2 Å². The molecule has 2 heterocycles. The van der Waals surface area contributed by atoms with Gasteiger partial charge in [0.15, 0.2) is 5.13 Å². The molecule has 1 amide bonds. The molecular weight excluding hydrogens is 368 g/mol. The minimum atomic E-state index is -0.464. The number of anilines is 1. The molecule has 7 heteroatoms. The Labute approximate surface area is 160 Å². The summed E-state index contributed by atoms with van der Waals surface area (Å²) < 4.78 is 2.00. The standard InChI is InChI=1S/C19H15ClN4OS/c1-12-9-14(13(2)24(12)19-22-7-8-26-19)10-15(11-21)18(25)23-17-5-3-16(20)4-6-17/h3-10H,1-2H3,(H,23,25)/b15-10+. The predicted molar refractivity (Wildman–Crippen MR) is 105 cm³/mol. The number of carbonyl (C=O) groups is 1. The second-order valence-electron chi connectivity index (χ2n) is 5.61. The molecule has 0 aliphatic carbocycles. The van der Waals surface area contributed by atoms with Crippen LogP contribution in [0.4, 0.5) is 5.69 Å². The third kappa shape index (κ3) is 3.69. The number of rotatable bonds is 4. The Kier molecular flexibility index (Phi) is 5.21. The normalized spacial score (nSPS) is 11.2. The van der Waals surface area contributed by atoms with Gasteiger partial charge in [-0.15, -0.1) is 11.3 Å². The van der Waals surface area contributed by atoms with Crippen molar-refractivity contribution in [3.05, 3.63) is 69.5 Å². The van der Waals surface area contributed by atoms with E-state index in [9.17, 15) is 10.1 Å². The number of benzene rings is 1. The lowest BCUT2D eigenvalue weighted by molar-refractivity contribution is -0.112. The SMILES string of the molecule is Cc1cc(/C=C(\C#N)C(=O)Nc2ccc(Cl)cc2)c(C)n1-c1nccs1. The Hall–Kier alpha value is -2.88. The zero-order valence-corrected chi connectivity index (χ0v) is 15.7. The van der Waals surface area contributed by atoms with Crippen LogP contribution in [0, 0.1) is 25.2 Å². The van der Waals surface area contributed by atoms with Gasteiger partial charge >= 0.3 is 0 Å². The highest BCUT2D eigenvalue weighted by Gasteiger charge is 2.14. The number of hydrogen-bond donors (Lipinski definition) is 1. The number of aromatic nitrogens is 2. The van der Waals surface area contributed by atoms with Crippen LogP contribution >= 0.6 is 22.9 Å². The molecule has 5 nitrogen and oxygen atoms in total. The van der Waals surface area contributed by atoms with Crippen molar-refractivity contribution in [3.63, 3.8) is 0 Å². The van der Waals surface area contributed by atoms with Crippen LogP contribution in [0.2, 0.25) is 5.02 Å². The van der Waals surface area contributed by atoms with Crippen LogP contribution in [0.15, 0.2) is 47.5 Å². The summed E-state index contributed by atoms with van der Waals surface area (Å²) in [6.45, 7) is 3.90. The number of hydrogen-bond acceptors (Lipinski definition) is 4. The van der Waals surface area contributed by atoms with Gasteiger partial charge in [-0.3, -0.25) is 9.36 Å². The summed E-state index contributed by atoms with van der Waals surface area (Å²) in [7, 11) is 0. The van der Waals surface area contributed by atoms with Crippen molar-refractivity contribution in [1.29, 1.82) is 5.26 Å². The number of nitrogens with zero attached hydrogens (tertiary/aromatic N) is 3. The van der Waals surface area contributed by atoms with Crippen molar-refractivity contribution in [2.24, 2.45) is 0 Å². The molecular formula is C19H15ClN4OS. The Morgan fingerprint density at radius 3 is 2.69 bits per heavy atom. The third-order valence-corrected chi connectivity index (χ3v) is 4.86. The number of halogens is 1. The Balaban J connectivity index is 1.90. The summed E-state index contributed by atoms with van der Waals surface area (Å²) in [4.78, 5) is 16.7. The van der Waals surface area contributed by atoms with Gasteiger partial charge in [0, 0.05) is 33.7 Å². The number of amides is 1. The molecule has 0 radical (unpaired) electrons. The van der Waals surface area contributed by atoms with E-state index in [2.05, 4.69) is 10.3 Å². The van der Waals surface area contributed by atoms with E-state index in [4.69, 9.17) is 11.6 Å². The van der Waals surface area contributed by atoms with E-state index >= 15 is 0 Å². The zero-order chi connectivity index (χ0) is 18.7. The molecule has 1 N–H and O–H groups in total. The first-order chi connectivity index (χ1) is 12.5. The van der Waals surface area contributed by atoms with Gasteiger partial charge in [0.25, 0.3) is 5.91 Å². The van der Waals surface area contributed by atoms with Crippen LogP contribution in [-0.4, -0.2) is 15.5 Å². The summed E-state index contributed by atoms with van der Waals surface area (Å²) in [6.07, 6.45) is 3.34. The second-order valence-corrected chi connectivity index (χ2v) is 6.92. The summed E-state index contributed by atoms with van der Waals surface area (Å²) in [5.74, 6) is -0.464. The smallest absolute Gasteiger partial charge is 0.266 e. The molecule has 26 heavy (non-hydrogen) atoms. The zero-order valence-electron chi connectivity index (χ0n) is 14.2. The molecule has 0 aliphatic rings. The van der Waals surface area contributed by atoms with Crippen LogP contribution in [0.3, 0.4) is 0 Å². The van der Waals surface area contributed by atoms with Crippen molar-refractivity contribution < 1.29 is 4.79 Å². The lowest BCUT2D eigenvalue weighted by atomic mass is 10.1. The van der Waals surface area contributed by atoms with E-state index in [-0.39, 0.29) is 5.57 Å². The molecule has 3 aromatic rings. The van der Waals surface area contributed by atoms with Crippen molar-refractivity contribution in [1.82, 2.24) is 9.55 Å². The van der Waals surface area contributed by atoms with Crippen LogP contribution in [-0.2, 0) is 4.79 Å². The maximum atomic E-state index is 12.4. The van der Waals surface area contributed by atoms with Gasteiger partial charge in [0.1, 0.15) is 11.6 Å². The average molecular weight is 383 g/mol. The highest BCUT2D eigenvalue weighted by molar-refractivity contribution is 7.12. The molecule has 0 atom stereocenters. The monoisotopic (exact) mass is 382 g/mol. The average Bonchev–Trinajstić information content (AvgIpc) is 3.22. The van der Waals surface area contributed by atoms with Gasteiger partial charge in [-0.25, -0.2) is 4.98 Å². The van der Waals surface area contributed by atoms with E-state index in [1.165, 1.54) is 11.3 Å². The fourth-order valence-electron chi connectivity index (χ4n) is 2.59. The van der Waals surface area contributed by atoms with Gasteiger partial charge < -0.3 is 5.32 Å². The van der Waals surface area contributed by atoms with Gasteiger partial charge in [-0.1, -0.05) is 11.6 Å². The molecule has 0 saturated carbocycles. The Bertz CT molecular complexity index is 1010. The van der Waals surface area contributed by atoms with Gasteiger partial charge in [-0.05, 0) is 55.8 Å². The van der Waals surface area contributed by atoms with E-state index < -0.39 is 5.91 Å². The quantitative estimate of drug-likeness (QED) is 0.522. The van der Waals surface area contributed by atoms with Crippen LogP contribution < -0.4 is 5.32 Å². The van der Waals surface area contributed by atoms with Gasteiger partial charge in [-0.2, -0.15) is 5.26 Å². The summed E-state index contributed by atoms with van der Waals surface area (Å²) in [6, 6.07) is 10.6. The molecule has 130 valence electrons. The molecule has 3 rings (SSSR count). The number of nitrogens with one attached hydrogen (secondary N) is 1. The first kappa shape index (κ1) is 17.9. The minimum Gasteiger partial charge on any atom is -0.321 e. The first-order valence-corrected chi connectivity index (χ1v) is 9.03. The first-order valence-electron chi connectivity index (χ1n) is 7.77. The summed E-state index contributed by atoms with van der Waals surface area (Å²) in [5.41, 5.74) is 3.32. The fraction of sp³-hybridized carbons (Fsp3) is 0.105. The maximum Gasteiger partial charge on any atom is 0.266 e. The highest BCUT2D eigenvalue weighted by Crippen LogP contribution is 2.24. The lowest BCUT2D eigenvalue weighted by Gasteiger charge is -2.05. The van der Waals surface area contributed by atoms with E-state index in [1.807, 2.05) is 35.9 Å². The fourth-order valence-corrected chi connectivity index (χ4v) is 3.47. The van der Waals surface area contributed by atoms with Crippen LogP contribution in [0.5, 0.6) is 0 Å². The minimum absolute atomic E-state index is 0.0272. The number of carbonyl (C=O) groups excluding carboxylic acids is 1. The molecule has 0 aliphatic heterocycles. The molecule has 0 fully saturated rings. The topological polar surface area (TPSA) is 70.7 Å². The van der Waals surface area contributed by atoms with E-state index in [1.54, 1.807) is 36.5 Å². The molecule has 0 bridgehead atoms. The third-order valence-electron chi connectivity index (χ3n) is 3.85. The predicted octanol–water partition coefficient (Wildman–Crippen LogP) is 4.75. The Morgan fingerprint density at radius 1 is 1.35 bits per heavy atom. The van der Waals surface area contributed by atoms with Crippen LogP contribution in [0.25, 0.3) is 11.2 Å². The van der Waals surface area contributed by atoms with Gasteiger partial charge in [0.2, 0.25) is 0 Å². The highest BCUT2D eigenvalue weighted by atomic mass is 35.5. The largest absolute Gasteiger partial charge is 0.321 e. The molecule has 2 aromatic heterocycles. The van der Waals surface area contributed by atoms with E-state index in [0.717, 1.165) is 22.1 Å². The second kappa shape index (κ2) is 7.56.